The maximum atomic E-state index is 12.9. The number of primary amides is 1. The molecule has 2 heterocycles. The molecule has 0 spiro atoms. The summed E-state index contributed by atoms with van der Waals surface area (Å²) in [6.07, 6.45) is -3.43. The topological polar surface area (TPSA) is 98.1 Å². The fourth-order valence-electron chi connectivity index (χ4n) is 2.19. The molecule has 110 valence electrons. The Hall–Kier alpha value is -1.77. The average Bonchev–Trinajstić information content (AvgIpc) is 2.77. The van der Waals surface area contributed by atoms with Crippen molar-refractivity contribution >= 4 is 29.1 Å². The van der Waals surface area contributed by atoms with Crippen molar-refractivity contribution in [3.05, 3.63) is 11.3 Å². The standard InChI is InChI=1S/C10H11ClF3N5O/c11-6-7(15)17-3-18-9(6)19-1-4(8(16)20)5(2-19)10(12,13)14/h3-5H,1-2H2,(H2,16,20)(H2,15,17,18)/t4-,5-/m1/s1. The predicted molar refractivity (Wildman–Crippen MR) is 65.9 cm³/mol. The highest BCUT2D eigenvalue weighted by Crippen LogP contribution is 2.40. The minimum absolute atomic E-state index is 0.0391. The Labute approximate surface area is 116 Å². The highest BCUT2D eigenvalue weighted by atomic mass is 35.5. The van der Waals surface area contributed by atoms with Crippen LogP contribution < -0.4 is 16.4 Å². The lowest BCUT2D eigenvalue weighted by Gasteiger charge is -2.19. The number of anilines is 2. The molecule has 0 aliphatic carbocycles. The van der Waals surface area contributed by atoms with Gasteiger partial charge in [-0.3, -0.25) is 4.79 Å². The van der Waals surface area contributed by atoms with Crippen LogP contribution in [0.5, 0.6) is 0 Å². The number of aromatic nitrogens is 2. The van der Waals surface area contributed by atoms with Crippen molar-refractivity contribution in [2.45, 2.75) is 6.18 Å². The molecule has 1 amide bonds. The van der Waals surface area contributed by atoms with E-state index < -0.39 is 30.5 Å². The van der Waals surface area contributed by atoms with Crippen LogP contribution in [0.15, 0.2) is 6.33 Å². The van der Waals surface area contributed by atoms with Crippen molar-refractivity contribution in [3.8, 4) is 0 Å². The van der Waals surface area contributed by atoms with Crippen LogP contribution in [0.3, 0.4) is 0 Å². The van der Waals surface area contributed by atoms with Crippen molar-refractivity contribution < 1.29 is 18.0 Å². The molecule has 20 heavy (non-hydrogen) atoms. The number of rotatable bonds is 2. The van der Waals surface area contributed by atoms with Crippen LogP contribution in [0, 0.1) is 11.8 Å². The number of halogens is 4. The Morgan fingerprint density at radius 2 is 2.05 bits per heavy atom. The van der Waals surface area contributed by atoms with Gasteiger partial charge in [0.15, 0.2) is 5.82 Å². The van der Waals surface area contributed by atoms with E-state index in [-0.39, 0.29) is 23.2 Å². The van der Waals surface area contributed by atoms with Crippen LogP contribution in [0.25, 0.3) is 0 Å². The summed E-state index contributed by atoms with van der Waals surface area (Å²) in [6, 6.07) is 0. The molecular formula is C10H11ClF3N5O. The van der Waals surface area contributed by atoms with E-state index in [4.69, 9.17) is 23.1 Å². The first kappa shape index (κ1) is 14.6. The Kier molecular flexibility index (Phi) is 3.63. The summed E-state index contributed by atoms with van der Waals surface area (Å²) in [5.74, 6) is -4.18. The minimum atomic E-state index is -4.53. The van der Waals surface area contributed by atoms with Gasteiger partial charge in [0.2, 0.25) is 5.91 Å². The minimum Gasteiger partial charge on any atom is -0.382 e. The lowest BCUT2D eigenvalue weighted by molar-refractivity contribution is -0.181. The van der Waals surface area contributed by atoms with Gasteiger partial charge in [0.05, 0.1) is 11.8 Å². The Bertz CT molecular complexity index is 538. The molecular weight excluding hydrogens is 299 g/mol. The molecule has 0 bridgehead atoms. The molecule has 1 aromatic rings. The lowest BCUT2D eigenvalue weighted by atomic mass is 9.95. The second-order valence-corrected chi connectivity index (χ2v) is 4.84. The fraction of sp³-hybridized carbons (Fsp3) is 0.500. The lowest BCUT2D eigenvalue weighted by Crippen LogP contribution is -2.37. The molecule has 1 fully saturated rings. The monoisotopic (exact) mass is 309 g/mol. The summed E-state index contributed by atoms with van der Waals surface area (Å²) >= 11 is 5.87. The normalized spacial score (nSPS) is 23.1. The summed E-state index contributed by atoms with van der Waals surface area (Å²) in [4.78, 5) is 19.9. The van der Waals surface area contributed by atoms with Crippen molar-refractivity contribution in [2.75, 3.05) is 23.7 Å². The maximum absolute atomic E-state index is 12.9. The molecule has 1 aliphatic rings. The average molecular weight is 310 g/mol. The molecule has 2 rings (SSSR count). The molecule has 1 aromatic heterocycles. The van der Waals surface area contributed by atoms with Crippen LogP contribution in [-0.2, 0) is 4.79 Å². The molecule has 0 saturated carbocycles. The van der Waals surface area contributed by atoms with Crippen LogP contribution in [0.2, 0.25) is 5.02 Å². The molecule has 0 unspecified atom stereocenters. The van der Waals surface area contributed by atoms with Crippen molar-refractivity contribution in [1.29, 1.82) is 0 Å². The van der Waals surface area contributed by atoms with Gasteiger partial charge in [-0.1, -0.05) is 11.6 Å². The Morgan fingerprint density at radius 1 is 1.40 bits per heavy atom. The second kappa shape index (κ2) is 4.97. The zero-order valence-corrected chi connectivity index (χ0v) is 10.8. The zero-order chi connectivity index (χ0) is 15.1. The van der Waals surface area contributed by atoms with Crippen LogP contribution in [0.1, 0.15) is 0 Å². The van der Waals surface area contributed by atoms with E-state index in [9.17, 15) is 18.0 Å². The molecule has 0 radical (unpaired) electrons. The SMILES string of the molecule is NC(=O)[C@@H]1CN(c2ncnc(N)c2Cl)C[C@H]1C(F)(F)F. The van der Waals surface area contributed by atoms with E-state index in [0.717, 1.165) is 6.33 Å². The number of alkyl halides is 3. The first-order chi connectivity index (χ1) is 9.21. The van der Waals surface area contributed by atoms with E-state index in [1.807, 2.05) is 0 Å². The van der Waals surface area contributed by atoms with Crippen LogP contribution in [-0.4, -0.2) is 35.1 Å². The number of carbonyl (C=O) groups is 1. The third-order valence-electron chi connectivity index (χ3n) is 3.20. The van der Waals surface area contributed by atoms with Gasteiger partial charge < -0.3 is 16.4 Å². The van der Waals surface area contributed by atoms with Gasteiger partial charge in [-0.25, -0.2) is 9.97 Å². The number of hydrogen-bond donors (Lipinski definition) is 2. The smallest absolute Gasteiger partial charge is 0.382 e. The number of nitrogens with two attached hydrogens (primary N) is 2. The largest absolute Gasteiger partial charge is 0.394 e. The maximum Gasteiger partial charge on any atom is 0.394 e. The number of amides is 1. The van der Waals surface area contributed by atoms with E-state index in [1.165, 1.54) is 4.90 Å². The molecule has 6 nitrogen and oxygen atoms in total. The molecule has 1 saturated heterocycles. The first-order valence-electron chi connectivity index (χ1n) is 5.58. The second-order valence-electron chi connectivity index (χ2n) is 4.46. The van der Waals surface area contributed by atoms with Gasteiger partial charge in [-0.05, 0) is 0 Å². The molecule has 0 aromatic carbocycles. The number of hydrogen-bond acceptors (Lipinski definition) is 5. The third kappa shape index (κ3) is 2.58. The Balaban J connectivity index is 2.33. The third-order valence-corrected chi connectivity index (χ3v) is 3.57. The zero-order valence-electron chi connectivity index (χ0n) is 10.1. The summed E-state index contributed by atoms with van der Waals surface area (Å²) in [5, 5.41) is -0.0430. The summed E-state index contributed by atoms with van der Waals surface area (Å²) < 4.78 is 38.7. The summed E-state index contributed by atoms with van der Waals surface area (Å²) in [5.41, 5.74) is 10.5. The van der Waals surface area contributed by atoms with E-state index in [2.05, 4.69) is 9.97 Å². The highest BCUT2D eigenvalue weighted by molar-refractivity contribution is 6.35. The summed E-state index contributed by atoms with van der Waals surface area (Å²) in [7, 11) is 0. The predicted octanol–water partition coefficient (Wildman–Crippen LogP) is 0.812. The quantitative estimate of drug-likeness (QED) is 0.842. The fourth-order valence-corrected chi connectivity index (χ4v) is 2.41. The van der Waals surface area contributed by atoms with E-state index in [1.54, 1.807) is 0 Å². The van der Waals surface area contributed by atoms with Crippen molar-refractivity contribution in [2.24, 2.45) is 17.6 Å². The molecule has 10 heteroatoms. The number of nitrogens with zero attached hydrogens (tertiary/aromatic N) is 3. The number of carbonyl (C=O) groups excluding carboxylic acids is 1. The molecule has 4 N–H and O–H groups in total. The van der Waals surface area contributed by atoms with Crippen molar-refractivity contribution in [1.82, 2.24) is 9.97 Å². The molecule has 1 aliphatic heterocycles. The van der Waals surface area contributed by atoms with Gasteiger partial charge >= 0.3 is 6.18 Å². The summed E-state index contributed by atoms with van der Waals surface area (Å²) in [6.45, 7) is -0.664. The number of nitrogen functional groups attached to an aromatic ring is 1. The van der Waals surface area contributed by atoms with Gasteiger partial charge in [0.1, 0.15) is 17.2 Å². The van der Waals surface area contributed by atoms with Crippen LogP contribution >= 0.6 is 11.6 Å². The van der Waals surface area contributed by atoms with E-state index in [0.29, 0.717) is 0 Å². The van der Waals surface area contributed by atoms with Gasteiger partial charge in [-0.15, -0.1) is 0 Å². The van der Waals surface area contributed by atoms with Crippen molar-refractivity contribution in [3.63, 3.8) is 0 Å². The highest BCUT2D eigenvalue weighted by Gasteiger charge is 2.52. The van der Waals surface area contributed by atoms with Gasteiger partial charge in [-0.2, -0.15) is 13.2 Å². The molecule has 2 atom stereocenters. The van der Waals surface area contributed by atoms with E-state index >= 15 is 0 Å². The van der Waals surface area contributed by atoms with Crippen LogP contribution in [0.4, 0.5) is 24.8 Å². The Morgan fingerprint density at radius 3 is 2.55 bits per heavy atom. The van der Waals surface area contributed by atoms with Gasteiger partial charge in [0.25, 0.3) is 0 Å². The first-order valence-corrected chi connectivity index (χ1v) is 5.96. The van der Waals surface area contributed by atoms with Gasteiger partial charge in [0, 0.05) is 13.1 Å².